The van der Waals surface area contributed by atoms with Crippen molar-refractivity contribution in [3.63, 3.8) is 0 Å². The van der Waals surface area contributed by atoms with Gasteiger partial charge in [-0.3, -0.25) is 4.79 Å². The monoisotopic (exact) mass is 330 g/mol. The smallest absolute Gasteiger partial charge is 0.259 e. The predicted octanol–water partition coefficient (Wildman–Crippen LogP) is 2.59. The summed E-state index contributed by atoms with van der Waals surface area (Å²) in [5.74, 6) is -2.30. The van der Waals surface area contributed by atoms with Gasteiger partial charge in [0.15, 0.2) is 0 Å². The van der Waals surface area contributed by atoms with Gasteiger partial charge in [0, 0.05) is 13.1 Å². The lowest BCUT2D eigenvalue weighted by Crippen LogP contribution is -2.50. The van der Waals surface area contributed by atoms with E-state index in [2.05, 4.69) is 0 Å². The van der Waals surface area contributed by atoms with Crippen LogP contribution in [0.2, 0.25) is 0 Å². The van der Waals surface area contributed by atoms with Crippen LogP contribution in [0, 0.1) is 11.6 Å². The topological polar surface area (TPSA) is 46.3 Å². The van der Waals surface area contributed by atoms with Crippen LogP contribution >= 0.6 is 24.0 Å². The number of carbonyl (C=O) groups excluding carboxylic acids is 1. The number of carbonyl (C=O) groups is 1. The summed E-state index contributed by atoms with van der Waals surface area (Å²) in [5, 5.41) is 0. The lowest BCUT2D eigenvalue weighted by Gasteiger charge is -2.40. The highest BCUT2D eigenvalue weighted by molar-refractivity contribution is 8.02. The second-order valence-corrected chi connectivity index (χ2v) is 6.58. The third-order valence-corrected chi connectivity index (χ3v) is 5.80. The summed E-state index contributed by atoms with van der Waals surface area (Å²) < 4.78 is 27.0. The number of thioether (sulfide) groups is 1. The molecule has 0 aliphatic carbocycles. The molecule has 1 aliphatic rings. The maximum absolute atomic E-state index is 13.7. The van der Waals surface area contributed by atoms with E-state index in [4.69, 9.17) is 18.0 Å². The number of benzene rings is 1. The number of rotatable bonds is 3. The Morgan fingerprint density at radius 3 is 2.29 bits per heavy atom. The van der Waals surface area contributed by atoms with Crippen LogP contribution in [0.1, 0.15) is 23.2 Å². The fourth-order valence-corrected chi connectivity index (χ4v) is 3.73. The molecule has 1 saturated heterocycles. The summed E-state index contributed by atoms with van der Waals surface area (Å²) in [6.07, 6.45) is 3.10. The maximum atomic E-state index is 13.7. The summed E-state index contributed by atoms with van der Waals surface area (Å²) >= 11 is 6.66. The Kier molecular flexibility index (Phi) is 4.83. The Hall–Kier alpha value is -1.21. The highest BCUT2D eigenvalue weighted by Crippen LogP contribution is 2.35. The molecule has 1 aromatic carbocycles. The van der Waals surface area contributed by atoms with Gasteiger partial charge >= 0.3 is 0 Å². The van der Waals surface area contributed by atoms with E-state index in [-0.39, 0.29) is 4.75 Å². The van der Waals surface area contributed by atoms with Crippen molar-refractivity contribution in [3.8, 4) is 0 Å². The van der Waals surface area contributed by atoms with E-state index in [9.17, 15) is 13.6 Å². The van der Waals surface area contributed by atoms with Crippen LogP contribution in [0.4, 0.5) is 8.78 Å². The van der Waals surface area contributed by atoms with Gasteiger partial charge in [-0.1, -0.05) is 18.3 Å². The minimum Gasteiger partial charge on any atom is -0.392 e. The van der Waals surface area contributed by atoms with Crippen LogP contribution in [0.15, 0.2) is 18.2 Å². The largest absolute Gasteiger partial charge is 0.392 e. The fraction of sp³-hybridized carbons (Fsp3) is 0.429. The van der Waals surface area contributed by atoms with Crippen LogP contribution in [-0.4, -0.2) is 39.9 Å². The number of amides is 1. The van der Waals surface area contributed by atoms with Gasteiger partial charge in [-0.25, -0.2) is 8.78 Å². The molecule has 0 atom stereocenters. The molecule has 0 spiro atoms. The van der Waals surface area contributed by atoms with Crippen LogP contribution in [0.3, 0.4) is 0 Å². The zero-order valence-corrected chi connectivity index (χ0v) is 13.2. The van der Waals surface area contributed by atoms with Gasteiger partial charge in [0.05, 0.1) is 9.74 Å². The molecule has 1 amide bonds. The molecule has 0 unspecified atom stereocenters. The minimum absolute atomic E-state index is 0.333. The lowest BCUT2D eigenvalue weighted by molar-refractivity contribution is 0.0709. The van der Waals surface area contributed by atoms with Gasteiger partial charge < -0.3 is 10.6 Å². The summed E-state index contributed by atoms with van der Waals surface area (Å²) in [6, 6.07) is 3.41. The van der Waals surface area contributed by atoms with Gasteiger partial charge in [-0.15, -0.1) is 0 Å². The van der Waals surface area contributed by atoms with E-state index >= 15 is 0 Å². The van der Waals surface area contributed by atoms with E-state index in [1.807, 2.05) is 6.26 Å². The Morgan fingerprint density at radius 2 is 1.86 bits per heavy atom. The molecule has 1 heterocycles. The van der Waals surface area contributed by atoms with Crippen LogP contribution < -0.4 is 5.73 Å². The number of hydrogen-bond acceptors (Lipinski definition) is 3. The second kappa shape index (κ2) is 6.27. The average Bonchev–Trinajstić information content (AvgIpc) is 2.46. The molecule has 0 radical (unpaired) electrons. The number of nitrogens with two attached hydrogens (primary N) is 1. The molecule has 2 rings (SSSR count). The molecule has 7 heteroatoms. The second-order valence-electron chi connectivity index (χ2n) is 4.95. The number of piperidine rings is 1. The number of thiocarbonyl (C=S) groups is 1. The number of hydrogen-bond donors (Lipinski definition) is 1. The molecule has 0 bridgehead atoms. The number of nitrogens with zero attached hydrogens (tertiary/aromatic N) is 1. The van der Waals surface area contributed by atoms with Crippen LogP contribution in [-0.2, 0) is 0 Å². The first kappa shape index (κ1) is 16.2. The van der Waals surface area contributed by atoms with E-state index in [0.717, 1.165) is 12.1 Å². The first-order chi connectivity index (χ1) is 9.91. The zero-order chi connectivity index (χ0) is 15.6. The number of halogens is 2. The van der Waals surface area contributed by atoms with Crippen molar-refractivity contribution < 1.29 is 13.6 Å². The first-order valence-electron chi connectivity index (χ1n) is 6.49. The van der Waals surface area contributed by atoms with Gasteiger partial charge in [0.2, 0.25) is 0 Å². The Labute approximate surface area is 131 Å². The lowest BCUT2D eigenvalue weighted by atomic mass is 9.95. The molecule has 1 fully saturated rings. The van der Waals surface area contributed by atoms with Crippen molar-refractivity contribution in [3.05, 3.63) is 35.4 Å². The van der Waals surface area contributed by atoms with Crippen molar-refractivity contribution in [1.29, 1.82) is 0 Å². The normalized spacial score (nSPS) is 17.6. The Bertz CT molecular complexity index is 552. The SMILES string of the molecule is CSC1(C(N)=S)CCN(C(=O)c2c(F)cccc2F)CC1. The molecule has 1 aliphatic heterocycles. The molecule has 3 nitrogen and oxygen atoms in total. The highest BCUT2D eigenvalue weighted by atomic mass is 32.2. The van der Waals surface area contributed by atoms with Gasteiger partial charge in [-0.2, -0.15) is 11.8 Å². The quantitative estimate of drug-likeness (QED) is 0.866. The summed E-state index contributed by atoms with van der Waals surface area (Å²) in [5.41, 5.74) is 5.28. The molecular formula is C14H16F2N2OS2. The molecule has 2 N–H and O–H groups in total. The minimum atomic E-state index is -0.837. The highest BCUT2D eigenvalue weighted by Gasteiger charge is 2.38. The molecule has 1 aromatic rings. The maximum Gasteiger partial charge on any atom is 0.259 e. The summed E-state index contributed by atoms with van der Waals surface area (Å²) in [6.45, 7) is 0.759. The van der Waals surface area contributed by atoms with E-state index < -0.39 is 23.1 Å². The Morgan fingerprint density at radius 1 is 1.33 bits per heavy atom. The van der Waals surface area contributed by atoms with Gasteiger partial charge in [-0.05, 0) is 31.2 Å². The first-order valence-corrected chi connectivity index (χ1v) is 8.13. The van der Waals surface area contributed by atoms with E-state index in [0.29, 0.717) is 30.9 Å². The number of likely N-dealkylation sites (tertiary alicyclic amines) is 1. The van der Waals surface area contributed by atoms with Crippen molar-refractivity contribution in [2.24, 2.45) is 5.73 Å². The third-order valence-electron chi connectivity index (χ3n) is 3.87. The third kappa shape index (κ3) is 3.03. The van der Waals surface area contributed by atoms with Crippen molar-refractivity contribution in [2.45, 2.75) is 17.6 Å². The van der Waals surface area contributed by atoms with Crippen molar-refractivity contribution in [1.82, 2.24) is 4.90 Å². The zero-order valence-electron chi connectivity index (χ0n) is 11.6. The Balaban J connectivity index is 2.16. The van der Waals surface area contributed by atoms with Gasteiger partial charge in [0.25, 0.3) is 5.91 Å². The van der Waals surface area contributed by atoms with E-state index in [1.54, 1.807) is 11.8 Å². The van der Waals surface area contributed by atoms with Crippen molar-refractivity contribution in [2.75, 3.05) is 19.3 Å². The standard InChI is InChI=1S/C14H16F2N2OS2/c1-21-14(13(17)20)5-7-18(8-6-14)12(19)11-9(15)3-2-4-10(11)16/h2-4H,5-8H2,1H3,(H2,17,20). The van der Waals surface area contributed by atoms with Crippen molar-refractivity contribution >= 4 is 34.9 Å². The average molecular weight is 330 g/mol. The molecule has 0 saturated carbocycles. The molecule has 0 aromatic heterocycles. The predicted molar refractivity (Wildman–Crippen MR) is 84.5 cm³/mol. The summed E-state index contributed by atoms with van der Waals surface area (Å²) in [7, 11) is 0. The molecule has 21 heavy (non-hydrogen) atoms. The van der Waals surface area contributed by atoms with E-state index in [1.165, 1.54) is 11.0 Å². The fourth-order valence-electron chi connectivity index (χ4n) is 2.48. The molecule has 114 valence electrons. The summed E-state index contributed by atoms with van der Waals surface area (Å²) in [4.78, 5) is 14.2. The van der Waals surface area contributed by atoms with Gasteiger partial charge in [0.1, 0.15) is 17.2 Å². The van der Waals surface area contributed by atoms with Crippen LogP contribution in [0.25, 0.3) is 0 Å². The van der Waals surface area contributed by atoms with Crippen LogP contribution in [0.5, 0.6) is 0 Å². The molecular weight excluding hydrogens is 314 g/mol.